The lowest BCUT2D eigenvalue weighted by atomic mass is 9.98. The number of benzene rings is 1. The maximum atomic E-state index is 5.92. The zero-order valence-corrected chi connectivity index (χ0v) is 8.27. The van der Waals surface area contributed by atoms with E-state index in [1.165, 1.54) is 12.0 Å². The van der Waals surface area contributed by atoms with Crippen LogP contribution in [0.4, 0.5) is 0 Å². The van der Waals surface area contributed by atoms with Gasteiger partial charge in [0.25, 0.3) is 0 Å². The van der Waals surface area contributed by atoms with Crippen LogP contribution in [0, 0.1) is 0 Å². The van der Waals surface area contributed by atoms with Crippen molar-refractivity contribution < 1.29 is 4.74 Å². The Balaban J connectivity index is 2.26. The van der Waals surface area contributed by atoms with Crippen LogP contribution in [0.2, 0.25) is 5.02 Å². The van der Waals surface area contributed by atoms with Crippen molar-refractivity contribution in [2.45, 2.75) is 12.5 Å². The van der Waals surface area contributed by atoms with E-state index in [0.717, 1.165) is 12.3 Å². The highest BCUT2D eigenvalue weighted by atomic mass is 35.5. The molecule has 0 aromatic heterocycles. The molecule has 1 heterocycles. The second-order valence-corrected chi connectivity index (χ2v) is 3.60. The topological polar surface area (TPSA) is 21.3 Å². The lowest BCUT2D eigenvalue weighted by Crippen LogP contribution is -2.34. The Labute approximate surface area is 82.9 Å². The van der Waals surface area contributed by atoms with Gasteiger partial charge in [-0.25, -0.2) is 0 Å². The van der Waals surface area contributed by atoms with Crippen LogP contribution in [0.3, 0.4) is 0 Å². The molecule has 1 saturated heterocycles. The summed E-state index contributed by atoms with van der Waals surface area (Å²) in [6.45, 7) is 1.11. The zero-order valence-electron chi connectivity index (χ0n) is 7.51. The highest BCUT2D eigenvalue weighted by Gasteiger charge is 2.19. The van der Waals surface area contributed by atoms with E-state index < -0.39 is 0 Å². The van der Waals surface area contributed by atoms with Crippen molar-refractivity contribution in [3.05, 3.63) is 28.8 Å². The van der Waals surface area contributed by atoms with Gasteiger partial charge >= 0.3 is 0 Å². The van der Waals surface area contributed by atoms with Crippen molar-refractivity contribution in [2.75, 3.05) is 13.7 Å². The maximum Gasteiger partial charge on any atom is 0.137 e. The molecule has 0 unspecified atom stereocenters. The SMILES string of the molecule is COc1cc([C@@H]2CCN2)ccc1Cl. The highest BCUT2D eigenvalue weighted by Crippen LogP contribution is 2.30. The van der Waals surface area contributed by atoms with Crippen LogP contribution in [0.15, 0.2) is 18.2 Å². The summed E-state index contributed by atoms with van der Waals surface area (Å²) in [6.07, 6.45) is 1.20. The summed E-state index contributed by atoms with van der Waals surface area (Å²) in [5.41, 5.74) is 1.26. The molecule has 0 saturated carbocycles. The molecule has 1 aromatic carbocycles. The van der Waals surface area contributed by atoms with Crippen molar-refractivity contribution in [3.63, 3.8) is 0 Å². The second kappa shape index (κ2) is 3.56. The van der Waals surface area contributed by atoms with Crippen LogP contribution >= 0.6 is 11.6 Å². The van der Waals surface area contributed by atoms with Gasteiger partial charge in [0, 0.05) is 6.04 Å². The third-order valence-corrected chi connectivity index (χ3v) is 2.71. The van der Waals surface area contributed by atoms with Crippen molar-refractivity contribution in [2.24, 2.45) is 0 Å². The summed E-state index contributed by atoms with van der Waals surface area (Å²) in [5, 5.41) is 4.01. The predicted octanol–water partition coefficient (Wildman–Crippen LogP) is 2.38. The number of methoxy groups -OCH3 is 1. The molecule has 1 fully saturated rings. The molecule has 1 aliphatic heterocycles. The van der Waals surface area contributed by atoms with Gasteiger partial charge in [0.05, 0.1) is 12.1 Å². The fourth-order valence-corrected chi connectivity index (χ4v) is 1.66. The molecule has 3 heteroatoms. The Morgan fingerprint density at radius 3 is 2.85 bits per heavy atom. The van der Waals surface area contributed by atoms with Crippen molar-refractivity contribution >= 4 is 11.6 Å². The van der Waals surface area contributed by atoms with E-state index in [9.17, 15) is 0 Å². The maximum absolute atomic E-state index is 5.92. The van der Waals surface area contributed by atoms with E-state index in [4.69, 9.17) is 16.3 Å². The van der Waals surface area contributed by atoms with Crippen molar-refractivity contribution in [1.29, 1.82) is 0 Å². The molecule has 1 atom stereocenters. The summed E-state index contributed by atoms with van der Waals surface area (Å²) in [6, 6.07) is 6.42. The largest absolute Gasteiger partial charge is 0.495 e. The van der Waals surface area contributed by atoms with E-state index in [1.807, 2.05) is 18.2 Å². The van der Waals surface area contributed by atoms with Crippen LogP contribution in [0.5, 0.6) is 5.75 Å². The van der Waals surface area contributed by atoms with Crippen molar-refractivity contribution in [3.8, 4) is 5.75 Å². The molecule has 1 aliphatic rings. The normalized spacial score (nSPS) is 20.9. The molecular weight excluding hydrogens is 186 g/mol. The first-order valence-corrected chi connectivity index (χ1v) is 4.76. The number of rotatable bonds is 2. The Kier molecular flexibility index (Phi) is 2.42. The molecular formula is C10H12ClNO. The van der Waals surface area contributed by atoms with Gasteiger partial charge in [0.15, 0.2) is 0 Å². The Morgan fingerprint density at radius 1 is 1.54 bits per heavy atom. The third kappa shape index (κ3) is 1.64. The van der Waals surface area contributed by atoms with Crippen LogP contribution < -0.4 is 10.1 Å². The molecule has 13 heavy (non-hydrogen) atoms. The van der Waals surface area contributed by atoms with Crippen molar-refractivity contribution in [1.82, 2.24) is 5.32 Å². The molecule has 1 N–H and O–H groups in total. The fourth-order valence-electron chi connectivity index (χ4n) is 1.47. The molecule has 1 aromatic rings. The van der Waals surface area contributed by atoms with E-state index >= 15 is 0 Å². The van der Waals surface area contributed by atoms with Gasteiger partial charge in [-0.3, -0.25) is 0 Å². The summed E-state index contributed by atoms with van der Waals surface area (Å²) in [5.74, 6) is 0.757. The smallest absolute Gasteiger partial charge is 0.137 e. The van der Waals surface area contributed by atoms with Gasteiger partial charge in [-0.15, -0.1) is 0 Å². The first-order chi connectivity index (χ1) is 6.31. The first kappa shape index (κ1) is 8.85. The highest BCUT2D eigenvalue weighted by molar-refractivity contribution is 6.32. The van der Waals surface area contributed by atoms with E-state index in [0.29, 0.717) is 11.1 Å². The van der Waals surface area contributed by atoms with Gasteiger partial charge in [-0.1, -0.05) is 17.7 Å². The lowest BCUT2D eigenvalue weighted by Gasteiger charge is -2.28. The van der Waals surface area contributed by atoms with Crippen LogP contribution in [0.1, 0.15) is 18.0 Å². The van der Waals surface area contributed by atoms with Gasteiger partial charge < -0.3 is 10.1 Å². The minimum atomic E-state index is 0.492. The average molecular weight is 198 g/mol. The number of halogens is 1. The Bertz CT molecular complexity index is 310. The number of hydrogen-bond donors (Lipinski definition) is 1. The van der Waals surface area contributed by atoms with Gasteiger partial charge in [0.2, 0.25) is 0 Å². The quantitative estimate of drug-likeness (QED) is 0.786. The molecule has 2 nitrogen and oxygen atoms in total. The molecule has 0 spiro atoms. The number of hydrogen-bond acceptors (Lipinski definition) is 2. The number of ether oxygens (including phenoxy) is 1. The second-order valence-electron chi connectivity index (χ2n) is 3.19. The van der Waals surface area contributed by atoms with E-state index in [1.54, 1.807) is 7.11 Å². The molecule has 0 radical (unpaired) electrons. The molecule has 70 valence electrons. The monoisotopic (exact) mass is 197 g/mol. The first-order valence-electron chi connectivity index (χ1n) is 4.38. The van der Waals surface area contributed by atoms with Gasteiger partial charge in [-0.05, 0) is 30.7 Å². The number of nitrogens with one attached hydrogen (secondary N) is 1. The third-order valence-electron chi connectivity index (χ3n) is 2.40. The minimum Gasteiger partial charge on any atom is -0.495 e. The Hall–Kier alpha value is -0.730. The summed E-state index contributed by atoms with van der Waals surface area (Å²) in [7, 11) is 1.64. The van der Waals surface area contributed by atoms with E-state index in [-0.39, 0.29) is 0 Å². The van der Waals surface area contributed by atoms with Crippen LogP contribution in [-0.4, -0.2) is 13.7 Å². The summed E-state index contributed by atoms with van der Waals surface area (Å²) < 4.78 is 5.14. The molecule has 2 rings (SSSR count). The van der Waals surface area contributed by atoms with Gasteiger partial charge in [-0.2, -0.15) is 0 Å². The lowest BCUT2D eigenvalue weighted by molar-refractivity contribution is 0.378. The molecule has 0 bridgehead atoms. The zero-order chi connectivity index (χ0) is 9.26. The van der Waals surface area contributed by atoms with E-state index in [2.05, 4.69) is 5.32 Å². The Morgan fingerprint density at radius 2 is 2.31 bits per heavy atom. The van der Waals surface area contributed by atoms with Crippen LogP contribution in [0.25, 0.3) is 0 Å². The molecule has 0 amide bonds. The van der Waals surface area contributed by atoms with Gasteiger partial charge in [0.1, 0.15) is 5.75 Å². The summed E-state index contributed by atoms with van der Waals surface area (Å²) in [4.78, 5) is 0. The standard InChI is InChI=1S/C10H12ClNO/c1-13-10-6-7(2-3-8(10)11)9-4-5-12-9/h2-3,6,9,12H,4-5H2,1H3/t9-/m0/s1. The predicted molar refractivity (Wildman–Crippen MR) is 53.4 cm³/mol. The minimum absolute atomic E-state index is 0.492. The fraction of sp³-hybridized carbons (Fsp3) is 0.400. The molecule has 0 aliphatic carbocycles. The summed E-state index contributed by atoms with van der Waals surface area (Å²) >= 11 is 5.92. The van der Waals surface area contributed by atoms with Crippen LogP contribution in [-0.2, 0) is 0 Å². The average Bonchev–Trinajstić information content (AvgIpc) is 2.05.